The Morgan fingerprint density at radius 3 is 2.43 bits per heavy atom. The van der Waals surface area contributed by atoms with Gasteiger partial charge in [-0.25, -0.2) is 0 Å². The van der Waals surface area contributed by atoms with Crippen LogP contribution in [0.15, 0.2) is 28.7 Å². The van der Waals surface area contributed by atoms with E-state index in [1.165, 1.54) is 10.0 Å². The zero-order valence-electron chi connectivity index (χ0n) is 8.63. The van der Waals surface area contributed by atoms with Crippen molar-refractivity contribution < 1.29 is 0 Å². The summed E-state index contributed by atoms with van der Waals surface area (Å²) in [6, 6.07) is 8.36. The van der Waals surface area contributed by atoms with Crippen LogP contribution in [0.1, 0.15) is 19.4 Å². The predicted octanol–water partition coefficient (Wildman–Crippen LogP) is 4.50. The topological polar surface area (TPSA) is 0 Å². The number of halogens is 2. The molecule has 1 unspecified atom stereocenters. The van der Waals surface area contributed by atoms with Gasteiger partial charge in [-0.05, 0) is 29.9 Å². The molecule has 1 aromatic rings. The lowest BCUT2D eigenvalue weighted by Gasteiger charge is -2.18. The van der Waals surface area contributed by atoms with E-state index in [1.54, 1.807) is 0 Å². The molecule has 0 saturated heterocycles. The minimum absolute atomic E-state index is 0.565. The average molecular weight is 276 g/mol. The Balaban J connectivity index is 2.72. The Hall–Kier alpha value is -0.0100. The number of benzene rings is 1. The van der Waals surface area contributed by atoms with Gasteiger partial charge in [0.15, 0.2) is 0 Å². The summed E-state index contributed by atoms with van der Waals surface area (Å²) in [5, 5.41) is 0. The van der Waals surface area contributed by atoms with Gasteiger partial charge in [0, 0.05) is 10.4 Å². The molecule has 0 aliphatic rings. The Bertz CT molecular complexity index is 283. The van der Waals surface area contributed by atoms with E-state index in [-0.39, 0.29) is 0 Å². The van der Waals surface area contributed by atoms with Crippen LogP contribution in [0.3, 0.4) is 0 Å². The van der Waals surface area contributed by atoms with Gasteiger partial charge in [-0.1, -0.05) is 48.0 Å². The normalized spacial score (nSPS) is 13.2. The van der Waals surface area contributed by atoms with Gasteiger partial charge < -0.3 is 0 Å². The highest BCUT2D eigenvalue weighted by Gasteiger charge is 2.13. The van der Waals surface area contributed by atoms with Gasteiger partial charge in [0.1, 0.15) is 0 Å². The van der Waals surface area contributed by atoms with Crippen LogP contribution in [0.2, 0.25) is 0 Å². The third-order valence-corrected chi connectivity index (χ3v) is 3.75. The molecule has 0 aromatic heterocycles. The van der Waals surface area contributed by atoms with Crippen LogP contribution in [-0.4, -0.2) is 5.88 Å². The standard InChI is InChI=1S/C12H16BrCl/c1-9(2)11(8-14)7-10-5-3-4-6-12(10)13/h3-6,9,11H,7-8H2,1-2H3. The molecular weight excluding hydrogens is 259 g/mol. The summed E-state index contributed by atoms with van der Waals surface area (Å²) in [6.07, 6.45) is 1.06. The van der Waals surface area contributed by atoms with E-state index in [1.807, 2.05) is 6.07 Å². The van der Waals surface area contributed by atoms with Crippen LogP contribution in [0.25, 0.3) is 0 Å². The van der Waals surface area contributed by atoms with E-state index in [0.717, 1.165) is 12.3 Å². The maximum absolute atomic E-state index is 5.95. The highest BCUT2D eigenvalue weighted by molar-refractivity contribution is 9.10. The van der Waals surface area contributed by atoms with Gasteiger partial charge in [-0.2, -0.15) is 0 Å². The fourth-order valence-electron chi connectivity index (χ4n) is 1.41. The number of rotatable bonds is 4. The zero-order valence-corrected chi connectivity index (χ0v) is 11.0. The van der Waals surface area contributed by atoms with Crippen molar-refractivity contribution in [2.75, 3.05) is 5.88 Å². The maximum Gasteiger partial charge on any atom is 0.0257 e. The fraction of sp³-hybridized carbons (Fsp3) is 0.500. The molecular formula is C12H16BrCl. The van der Waals surface area contributed by atoms with E-state index < -0.39 is 0 Å². The van der Waals surface area contributed by atoms with Gasteiger partial charge >= 0.3 is 0 Å². The summed E-state index contributed by atoms with van der Waals surface area (Å²) in [5.41, 5.74) is 1.35. The van der Waals surface area contributed by atoms with Gasteiger partial charge in [-0.15, -0.1) is 11.6 Å². The molecule has 0 aliphatic carbocycles. The zero-order chi connectivity index (χ0) is 10.6. The van der Waals surface area contributed by atoms with Crippen LogP contribution in [0.5, 0.6) is 0 Å². The molecule has 2 heteroatoms. The average Bonchev–Trinajstić information content (AvgIpc) is 2.16. The number of alkyl halides is 1. The second-order valence-electron chi connectivity index (χ2n) is 3.95. The first-order valence-electron chi connectivity index (χ1n) is 4.94. The van der Waals surface area contributed by atoms with Crippen molar-refractivity contribution in [2.45, 2.75) is 20.3 Å². The highest BCUT2D eigenvalue weighted by atomic mass is 79.9. The Morgan fingerprint density at radius 1 is 1.29 bits per heavy atom. The fourth-order valence-corrected chi connectivity index (χ4v) is 2.33. The molecule has 1 aromatic carbocycles. The third kappa shape index (κ3) is 3.29. The molecule has 1 rings (SSSR count). The molecule has 0 spiro atoms. The summed E-state index contributed by atoms with van der Waals surface area (Å²) in [5.74, 6) is 1.94. The minimum Gasteiger partial charge on any atom is -0.126 e. The van der Waals surface area contributed by atoms with E-state index >= 15 is 0 Å². The van der Waals surface area contributed by atoms with Crippen LogP contribution in [0.4, 0.5) is 0 Å². The molecule has 1 atom stereocenters. The summed E-state index contributed by atoms with van der Waals surface area (Å²) in [4.78, 5) is 0. The molecule has 0 N–H and O–H groups in total. The van der Waals surface area contributed by atoms with Crippen LogP contribution < -0.4 is 0 Å². The lowest BCUT2D eigenvalue weighted by Crippen LogP contribution is -2.13. The second-order valence-corrected chi connectivity index (χ2v) is 5.12. The van der Waals surface area contributed by atoms with E-state index in [4.69, 9.17) is 11.6 Å². The Labute approximate surface area is 99.8 Å². The smallest absolute Gasteiger partial charge is 0.0257 e. The number of hydrogen-bond acceptors (Lipinski definition) is 0. The molecule has 0 saturated carbocycles. The molecule has 0 bridgehead atoms. The first kappa shape index (κ1) is 12.1. The van der Waals surface area contributed by atoms with Crippen LogP contribution in [0, 0.1) is 11.8 Å². The summed E-state index contributed by atoms with van der Waals surface area (Å²) >= 11 is 9.51. The van der Waals surface area contributed by atoms with E-state index in [9.17, 15) is 0 Å². The molecule has 14 heavy (non-hydrogen) atoms. The van der Waals surface area contributed by atoms with Gasteiger partial charge in [-0.3, -0.25) is 0 Å². The lowest BCUT2D eigenvalue weighted by molar-refractivity contribution is 0.422. The van der Waals surface area contributed by atoms with Gasteiger partial charge in [0.25, 0.3) is 0 Å². The van der Waals surface area contributed by atoms with Crippen molar-refractivity contribution in [3.05, 3.63) is 34.3 Å². The van der Waals surface area contributed by atoms with Crippen LogP contribution in [-0.2, 0) is 6.42 Å². The summed E-state index contributed by atoms with van der Waals surface area (Å²) in [7, 11) is 0. The third-order valence-electron chi connectivity index (χ3n) is 2.58. The largest absolute Gasteiger partial charge is 0.126 e. The summed E-state index contributed by atoms with van der Waals surface area (Å²) < 4.78 is 1.19. The Morgan fingerprint density at radius 2 is 1.93 bits per heavy atom. The minimum atomic E-state index is 0.565. The highest BCUT2D eigenvalue weighted by Crippen LogP contribution is 2.23. The monoisotopic (exact) mass is 274 g/mol. The maximum atomic E-state index is 5.95. The SMILES string of the molecule is CC(C)C(CCl)Cc1ccccc1Br. The molecule has 0 nitrogen and oxygen atoms in total. The van der Waals surface area contributed by atoms with E-state index in [0.29, 0.717) is 11.8 Å². The first-order valence-corrected chi connectivity index (χ1v) is 6.27. The van der Waals surface area contributed by atoms with Gasteiger partial charge in [0.05, 0.1) is 0 Å². The van der Waals surface area contributed by atoms with E-state index in [2.05, 4.69) is 48.0 Å². The van der Waals surface area contributed by atoms with Crippen molar-refractivity contribution in [3.63, 3.8) is 0 Å². The molecule has 78 valence electrons. The molecule has 0 fully saturated rings. The molecule has 0 radical (unpaired) electrons. The molecule has 0 heterocycles. The van der Waals surface area contributed by atoms with Crippen molar-refractivity contribution in [1.29, 1.82) is 0 Å². The first-order chi connectivity index (χ1) is 6.65. The van der Waals surface area contributed by atoms with Crippen molar-refractivity contribution >= 4 is 27.5 Å². The predicted molar refractivity (Wildman–Crippen MR) is 66.9 cm³/mol. The van der Waals surface area contributed by atoms with Crippen LogP contribution >= 0.6 is 27.5 Å². The quantitative estimate of drug-likeness (QED) is 0.710. The molecule has 0 amide bonds. The van der Waals surface area contributed by atoms with Crippen molar-refractivity contribution in [2.24, 2.45) is 11.8 Å². The molecule has 0 aliphatic heterocycles. The number of hydrogen-bond donors (Lipinski definition) is 0. The Kier molecular flexibility index (Phi) is 4.97. The summed E-state index contributed by atoms with van der Waals surface area (Å²) in [6.45, 7) is 4.45. The van der Waals surface area contributed by atoms with Crippen molar-refractivity contribution in [3.8, 4) is 0 Å². The lowest BCUT2D eigenvalue weighted by atomic mass is 9.91. The van der Waals surface area contributed by atoms with Gasteiger partial charge in [0.2, 0.25) is 0 Å². The second kappa shape index (κ2) is 5.77. The van der Waals surface area contributed by atoms with Crippen molar-refractivity contribution in [1.82, 2.24) is 0 Å².